The normalized spacial score (nSPS) is 42.6. The molecular weight excluding hydrogens is 300 g/mol. The summed E-state index contributed by atoms with van der Waals surface area (Å²) in [6.07, 6.45) is 0.673. The van der Waals surface area contributed by atoms with Gasteiger partial charge in [-0.05, 0) is 31.8 Å². The highest BCUT2D eigenvalue weighted by Crippen LogP contribution is 2.58. The molecule has 3 aliphatic rings. The van der Waals surface area contributed by atoms with Crippen molar-refractivity contribution in [3.05, 3.63) is 23.0 Å². The van der Waals surface area contributed by atoms with E-state index in [4.69, 9.17) is 9.47 Å². The maximum absolute atomic E-state index is 11.9. The summed E-state index contributed by atoms with van der Waals surface area (Å²) >= 11 is 0. The quantitative estimate of drug-likeness (QED) is 0.705. The molecule has 5 atom stereocenters. The second kappa shape index (κ2) is 4.92. The van der Waals surface area contributed by atoms with Crippen molar-refractivity contribution in [3.8, 4) is 0 Å². The van der Waals surface area contributed by atoms with Crippen LogP contribution in [0.1, 0.15) is 40.5 Å². The van der Waals surface area contributed by atoms with Crippen LogP contribution in [0.4, 0.5) is 0 Å². The van der Waals surface area contributed by atoms with E-state index in [0.29, 0.717) is 24.0 Å². The molecule has 0 aromatic heterocycles. The lowest BCUT2D eigenvalue weighted by atomic mass is 9.51. The molecule has 3 rings (SSSR count). The van der Waals surface area contributed by atoms with Gasteiger partial charge in [-0.2, -0.15) is 0 Å². The van der Waals surface area contributed by atoms with E-state index >= 15 is 0 Å². The summed E-state index contributed by atoms with van der Waals surface area (Å²) in [4.78, 5) is 23.6. The monoisotopic (exact) mass is 322 g/mol. The fraction of sp³-hybridized carbons (Fsp3) is 0.647. The maximum atomic E-state index is 11.9. The fourth-order valence-electron chi connectivity index (χ4n) is 4.21. The lowest BCUT2D eigenvalue weighted by Gasteiger charge is -2.58. The van der Waals surface area contributed by atoms with Crippen LogP contribution in [0.15, 0.2) is 23.0 Å². The summed E-state index contributed by atoms with van der Waals surface area (Å²) in [6, 6.07) is 0. The van der Waals surface area contributed by atoms with E-state index in [-0.39, 0.29) is 11.7 Å². The van der Waals surface area contributed by atoms with Crippen LogP contribution in [-0.2, 0) is 19.1 Å². The molecule has 126 valence electrons. The van der Waals surface area contributed by atoms with E-state index in [1.807, 2.05) is 6.92 Å². The van der Waals surface area contributed by atoms with E-state index < -0.39 is 35.2 Å². The molecule has 1 fully saturated rings. The molecule has 0 amide bonds. The average Bonchev–Trinajstić information content (AvgIpc) is 2.73. The van der Waals surface area contributed by atoms with Gasteiger partial charge in [0.05, 0.1) is 6.10 Å². The van der Waals surface area contributed by atoms with Crippen LogP contribution in [-0.4, -0.2) is 40.0 Å². The zero-order valence-corrected chi connectivity index (χ0v) is 13.8. The first-order valence-electron chi connectivity index (χ1n) is 7.86. The third-order valence-electron chi connectivity index (χ3n) is 5.89. The van der Waals surface area contributed by atoms with Gasteiger partial charge < -0.3 is 19.7 Å². The Morgan fingerprint density at radius 1 is 1.43 bits per heavy atom. The molecule has 1 saturated carbocycles. The summed E-state index contributed by atoms with van der Waals surface area (Å²) in [6.45, 7) is 6.66. The number of hydrogen-bond donors (Lipinski definition) is 2. The van der Waals surface area contributed by atoms with Gasteiger partial charge in [-0.3, -0.25) is 4.79 Å². The van der Waals surface area contributed by atoms with Crippen LogP contribution < -0.4 is 0 Å². The van der Waals surface area contributed by atoms with E-state index in [1.54, 1.807) is 13.8 Å². The highest BCUT2D eigenvalue weighted by molar-refractivity contribution is 5.94. The third-order valence-corrected chi connectivity index (χ3v) is 5.89. The second-order valence-electron chi connectivity index (χ2n) is 7.03. The molecule has 0 aromatic carbocycles. The largest absolute Gasteiger partial charge is 0.457 e. The molecule has 6 nitrogen and oxygen atoms in total. The van der Waals surface area contributed by atoms with Gasteiger partial charge in [0.2, 0.25) is 0 Å². The van der Waals surface area contributed by atoms with Crippen LogP contribution in [0.3, 0.4) is 0 Å². The van der Waals surface area contributed by atoms with Crippen molar-refractivity contribution in [3.63, 3.8) is 0 Å². The standard InChI is InChI=1S/C17H22O6/c1-8-5-6-12(19)17(21)7-11-13(9(2)15(20)23-11)14(16(8,17)4)22-10(3)18/h7-8,12,14,19,21H,5-6H2,1-4H3. The van der Waals surface area contributed by atoms with Crippen molar-refractivity contribution in [2.24, 2.45) is 11.3 Å². The Balaban J connectivity index is 2.27. The van der Waals surface area contributed by atoms with Crippen LogP contribution in [0.25, 0.3) is 0 Å². The molecule has 0 bridgehead atoms. The number of carbonyl (C=O) groups is 2. The molecule has 2 N–H and O–H groups in total. The summed E-state index contributed by atoms with van der Waals surface area (Å²) in [5.41, 5.74) is -1.71. The van der Waals surface area contributed by atoms with Crippen LogP contribution >= 0.6 is 0 Å². The van der Waals surface area contributed by atoms with E-state index in [9.17, 15) is 19.8 Å². The number of carbonyl (C=O) groups excluding carboxylic acids is 2. The Morgan fingerprint density at radius 2 is 2.09 bits per heavy atom. The molecule has 23 heavy (non-hydrogen) atoms. The minimum Gasteiger partial charge on any atom is -0.457 e. The Bertz CT molecular complexity index is 647. The third kappa shape index (κ3) is 1.94. The van der Waals surface area contributed by atoms with Crippen molar-refractivity contribution in [1.29, 1.82) is 0 Å². The number of esters is 2. The van der Waals surface area contributed by atoms with Crippen molar-refractivity contribution in [2.45, 2.75) is 58.3 Å². The first-order chi connectivity index (χ1) is 10.6. The summed E-state index contributed by atoms with van der Waals surface area (Å²) in [5, 5.41) is 21.7. The SMILES string of the molecule is CC(=O)OC1C2=C(C)C(=O)OC2=CC2(O)C(O)CCC(C)C12C. The molecule has 1 aliphatic heterocycles. The first kappa shape index (κ1) is 16.2. The molecule has 1 heterocycles. The maximum Gasteiger partial charge on any atom is 0.339 e. The smallest absolute Gasteiger partial charge is 0.339 e. The molecule has 0 spiro atoms. The van der Waals surface area contributed by atoms with E-state index in [1.165, 1.54) is 13.0 Å². The number of aliphatic hydroxyl groups is 2. The molecular formula is C17H22O6. The Kier molecular flexibility index (Phi) is 3.46. The number of rotatable bonds is 1. The molecule has 5 unspecified atom stereocenters. The van der Waals surface area contributed by atoms with Crippen molar-refractivity contribution >= 4 is 11.9 Å². The van der Waals surface area contributed by atoms with Gasteiger partial charge in [0.15, 0.2) is 0 Å². The van der Waals surface area contributed by atoms with Crippen molar-refractivity contribution < 1.29 is 29.3 Å². The van der Waals surface area contributed by atoms with Gasteiger partial charge in [-0.15, -0.1) is 0 Å². The summed E-state index contributed by atoms with van der Waals surface area (Å²) in [5.74, 6) is -0.871. The minimum absolute atomic E-state index is 0.0333. The Hall–Kier alpha value is -1.66. The second-order valence-corrected chi connectivity index (χ2v) is 7.03. The molecule has 0 aromatic rings. The topological polar surface area (TPSA) is 93.1 Å². The number of aliphatic hydroxyl groups excluding tert-OH is 1. The molecule has 0 radical (unpaired) electrons. The van der Waals surface area contributed by atoms with Crippen molar-refractivity contribution in [2.75, 3.05) is 0 Å². The number of hydrogen-bond acceptors (Lipinski definition) is 6. The van der Waals surface area contributed by atoms with Gasteiger partial charge in [-0.1, -0.05) is 13.8 Å². The van der Waals surface area contributed by atoms with Crippen LogP contribution in [0.2, 0.25) is 0 Å². The summed E-state index contributed by atoms with van der Waals surface area (Å²) < 4.78 is 10.8. The van der Waals surface area contributed by atoms with E-state index in [0.717, 1.165) is 0 Å². The average molecular weight is 322 g/mol. The number of fused-ring (bicyclic) bond motifs is 2. The Morgan fingerprint density at radius 3 is 2.70 bits per heavy atom. The summed E-state index contributed by atoms with van der Waals surface area (Å²) in [7, 11) is 0. The first-order valence-corrected chi connectivity index (χ1v) is 7.86. The number of ether oxygens (including phenoxy) is 2. The van der Waals surface area contributed by atoms with Gasteiger partial charge in [0.25, 0.3) is 0 Å². The predicted octanol–water partition coefficient (Wildman–Crippen LogP) is 1.22. The molecule has 0 saturated heterocycles. The molecule has 6 heteroatoms. The zero-order valence-electron chi connectivity index (χ0n) is 13.8. The fourth-order valence-corrected chi connectivity index (χ4v) is 4.21. The minimum atomic E-state index is -1.63. The highest BCUT2D eigenvalue weighted by atomic mass is 16.6. The van der Waals surface area contributed by atoms with Gasteiger partial charge in [-0.25, -0.2) is 4.79 Å². The zero-order chi connectivity index (χ0) is 17.2. The van der Waals surface area contributed by atoms with E-state index in [2.05, 4.69) is 0 Å². The van der Waals surface area contributed by atoms with Gasteiger partial charge >= 0.3 is 11.9 Å². The van der Waals surface area contributed by atoms with Gasteiger partial charge in [0, 0.05) is 23.5 Å². The lowest BCUT2D eigenvalue weighted by Crippen LogP contribution is -2.67. The van der Waals surface area contributed by atoms with Gasteiger partial charge in [0.1, 0.15) is 17.5 Å². The van der Waals surface area contributed by atoms with Crippen molar-refractivity contribution in [1.82, 2.24) is 0 Å². The highest BCUT2D eigenvalue weighted by Gasteiger charge is 2.65. The van der Waals surface area contributed by atoms with Crippen LogP contribution in [0, 0.1) is 11.3 Å². The Labute approximate surface area is 134 Å². The molecule has 2 aliphatic carbocycles. The predicted molar refractivity (Wildman–Crippen MR) is 79.9 cm³/mol. The lowest BCUT2D eigenvalue weighted by molar-refractivity contribution is -0.214. The van der Waals surface area contributed by atoms with Crippen LogP contribution in [0.5, 0.6) is 0 Å².